The summed E-state index contributed by atoms with van der Waals surface area (Å²) >= 11 is 0. The number of nitrogens with zero attached hydrogens (tertiary/aromatic N) is 1. The first kappa shape index (κ1) is 22.4. The van der Waals surface area contributed by atoms with Gasteiger partial charge in [-0.05, 0) is 70.5 Å². The molecule has 1 N–H and O–H groups in total. The van der Waals surface area contributed by atoms with Gasteiger partial charge in [0.05, 0.1) is 12.1 Å². The summed E-state index contributed by atoms with van der Waals surface area (Å²) in [7, 11) is -2.14. The molecule has 0 aromatic rings. The van der Waals surface area contributed by atoms with Crippen LogP contribution in [-0.4, -0.2) is 47.9 Å². The molecule has 1 amide bonds. The molecule has 156 valence electrons. The van der Waals surface area contributed by atoms with E-state index in [0.29, 0.717) is 12.3 Å². The van der Waals surface area contributed by atoms with Gasteiger partial charge in [0.2, 0.25) is 0 Å². The Balaban J connectivity index is 2.37. The van der Waals surface area contributed by atoms with E-state index in [2.05, 4.69) is 33.9 Å². The van der Waals surface area contributed by atoms with Crippen molar-refractivity contribution >= 4 is 20.2 Å². The number of carboxylic acid groups (broad SMARTS) is 1. The Morgan fingerprint density at radius 1 is 1.07 bits per heavy atom. The lowest BCUT2D eigenvalue weighted by atomic mass is 9.93. The average Bonchev–Trinajstić information content (AvgIpc) is 3.34. The van der Waals surface area contributed by atoms with Gasteiger partial charge < -0.3 is 9.53 Å². The zero-order valence-electron chi connectivity index (χ0n) is 18.5. The van der Waals surface area contributed by atoms with Crippen LogP contribution in [0, 0.1) is 11.8 Å². The van der Waals surface area contributed by atoms with Crippen LogP contribution in [0.15, 0.2) is 0 Å². The van der Waals surface area contributed by atoms with E-state index in [1.165, 1.54) is 0 Å². The number of amides is 1. The van der Waals surface area contributed by atoms with E-state index in [-0.39, 0.29) is 28.9 Å². The van der Waals surface area contributed by atoms with Gasteiger partial charge in [-0.3, -0.25) is 9.69 Å². The number of carbonyl (C=O) groups is 2. The molecule has 6 heteroatoms. The van der Waals surface area contributed by atoms with Gasteiger partial charge in [0.15, 0.2) is 8.32 Å². The third-order valence-electron chi connectivity index (χ3n) is 6.40. The van der Waals surface area contributed by atoms with E-state index < -0.39 is 19.9 Å². The van der Waals surface area contributed by atoms with Crippen LogP contribution in [0.1, 0.15) is 73.6 Å². The Bertz CT molecular complexity index is 568. The largest absolute Gasteiger partial charge is 0.465 e. The summed E-state index contributed by atoms with van der Waals surface area (Å²) in [6.07, 6.45) is 3.06. The normalized spacial score (nSPS) is 20.9. The van der Waals surface area contributed by atoms with Crippen molar-refractivity contribution in [3.05, 3.63) is 0 Å². The summed E-state index contributed by atoms with van der Waals surface area (Å²) in [5.74, 6) is 0.717. The van der Waals surface area contributed by atoms with E-state index in [1.807, 2.05) is 20.8 Å². The lowest BCUT2D eigenvalue weighted by Gasteiger charge is -2.47. The fourth-order valence-corrected chi connectivity index (χ4v) is 4.87. The topological polar surface area (TPSA) is 66.8 Å². The predicted octanol–water partition coefficient (Wildman–Crippen LogP) is 5.30. The van der Waals surface area contributed by atoms with Crippen molar-refractivity contribution in [3.63, 3.8) is 0 Å². The SMILES string of the molecule is CC(C)(C)N(C(=O)O)[C@@H](C1CC1)[C@@H](CC(=O)C1CC1)O[Si](C)(C)C(C)(C)C. The van der Waals surface area contributed by atoms with Crippen LogP contribution in [0.4, 0.5) is 4.79 Å². The minimum Gasteiger partial charge on any atom is -0.465 e. The summed E-state index contributed by atoms with van der Waals surface area (Å²) in [5, 5.41) is 10.0. The molecular weight excluding hydrogens is 358 g/mol. The van der Waals surface area contributed by atoms with Crippen molar-refractivity contribution < 1.29 is 19.1 Å². The van der Waals surface area contributed by atoms with Crippen molar-refractivity contribution in [2.45, 2.75) is 109 Å². The molecule has 0 aromatic heterocycles. The molecule has 5 nitrogen and oxygen atoms in total. The highest BCUT2D eigenvalue weighted by Crippen LogP contribution is 2.45. The molecule has 2 atom stereocenters. The molecule has 2 rings (SSSR count). The van der Waals surface area contributed by atoms with Gasteiger partial charge in [-0.1, -0.05) is 20.8 Å². The quantitative estimate of drug-likeness (QED) is 0.564. The molecule has 0 bridgehead atoms. The molecule has 0 aliphatic heterocycles. The van der Waals surface area contributed by atoms with Crippen LogP contribution in [0.3, 0.4) is 0 Å². The first-order chi connectivity index (χ1) is 12.1. The highest BCUT2D eigenvalue weighted by Gasteiger charge is 2.50. The van der Waals surface area contributed by atoms with Crippen molar-refractivity contribution in [2.75, 3.05) is 0 Å². The molecule has 2 saturated carbocycles. The second-order valence-corrected chi connectivity index (χ2v) is 15.8. The minimum atomic E-state index is -2.14. The van der Waals surface area contributed by atoms with Crippen LogP contribution >= 0.6 is 0 Å². The Morgan fingerprint density at radius 2 is 1.59 bits per heavy atom. The summed E-state index contributed by atoms with van der Waals surface area (Å²) in [6.45, 7) is 16.7. The van der Waals surface area contributed by atoms with E-state index >= 15 is 0 Å². The van der Waals surface area contributed by atoms with Crippen LogP contribution in [0.25, 0.3) is 0 Å². The maximum Gasteiger partial charge on any atom is 0.408 e. The van der Waals surface area contributed by atoms with Gasteiger partial charge in [0.1, 0.15) is 5.78 Å². The first-order valence-electron chi connectivity index (χ1n) is 10.4. The van der Waals surface area contributed by atoms with E-state index in [9.17, 15) is 14.7 Å². The van der Waals surface area contributed by atoms with Crippen LogP contribution in [0.2, 0.25) is 18.1 Å². The molecule has 0 radical (unpaired) electrons. The molecule has 0 spiro atoms. The Hall–Kier alpha value is -0.883. The van der Waals surface area contributed by atoms with Crippen LogP contribution < -0.4 is 0 Å². The zero-order valence-corrected chi connectivity index (χ0v) is 19.5. The average molecular weight is 398 g/mol. The van der Waals surface area contributed by atoms with Crippen molar-refractivity contribution in [1.29, 1.82) is 0 Å². The zero-order chi connectivity index (χ0) is 20.8. The third kappa shape index (κ3) is 5.56. The lowest BCUT2D eigenvalue weighted by molar-refractivity contribution is -0.123. The summed E-state index contributed by atoms with van der Waals surface area (Å²) < 4.78 is 6.75. The maximum atomic E-state index is 12.7. The summed E-state index contributed by atoms with van der Waals surface area (Å²) in [6, 6.07) is -0.251. The third-order valence-corrected chi connectivity index (χ3v) is 10.9. The maximum absolute atomic E-state index is 12.7. The molecule has 2 aliphatic carbocycles. The number of hydrogen-bond acceptors (Lipinski definition) is 3. The van der Waals surface area contributed by atoms with Crippen molar-refractivity contribution in [2.24, 2.45) is 11.8 Å². The Morgan fingerprint density at radius 3 is 1.93 bits per heavy atom. The molecule has 0 unspecified atom stereocenters. The predicted molar refractivity (Wildman–Crippen MR) is 111 cm³/mol. The fourth-order valence-electron chi connectivity index (χ4n) is 3.54. The number of hydrogen-bond donors (Lipinski definition) is 1. The molecule has 2 aliphatic rings. The van der Waals surface area contributed by atoms with Gasteiger partial charge in [-0.25, -0.2) is 4.79 Å². The smallest absolute Gasteiger partial charge is 0.408 e. The fraction of sp³-hybridized carbons (Fsp3) is 0.905. The number of Topliss-reactive ketones (excluding diaryl/α,β-unsaturated/α-hetero) is 1. The van der Waals surface area contributed by atoms with Crippen LogP contribution in [-0.2, 0) is 9.22 Å². The Labute approximate surface area is 166 Å². The molecule has 2 fully saturated rings. The van der Waals surface area contributed by atoms with Gasteiger partial charge in [0.25, 0.3) is 0 Å². The molecule has 0 saturated heterocycles. The van der Waals surface area contributed by atoms with Gasteiger partial charge >= 0.3 is 6.09 Å². The monoisotopic (exact) mass is 397 g/mol. The Kier molecular flexibility index (Phi) is 6.23. The molecule has 0 heterocycles. The number of rotatable bonds is 8. The number of carbonyl (C=O) groups excluding carboxylic acids is 1. The van der Waals surface area contributed by atoms with Crippen LogP contribution in [0.5, 0.6) is 0 Å². The van der Waals surface area contributed by atoms with Crippen molar-refractivity contribution in [1.82, 2.24) is 4.90 Å². The van der Waals surface area contributed by atoms with Gasteiger partial charge in [0, 0.05) is 17.9 Å². The molecule has 0 aromatic carbocycles. The van der Waals surface area contributed by atoms with E-state index in [4.69, 9.17) is 4.43 Å². The van der Waals surface area contributed by atoms with Crippen molar-refractivity contribution in [3.8, 4) is 0 Å². The summed E-state index contributed by atoms with van der Waals surface area (Å²) in [4.78, 5) is 26.5. The molecular formula is C21H39NO4Si. The highest BCUT2D eigenvalue weighted by atomic mass is 28.4. The first-order valence-corrected chi connectivity index (χ1v) is 13.3. The standard InChI is InChI=1S/C21H39NO4Si/c1-20(2,3)22(19(24)25)18(15-11-12-15)17(13-16(23)14-9-10-14)26-27(7,8)21(4,5)6/h14-15,17-18H,9-13H2,1-8H3,(H,24,25)/t17-,18+/m1/s1. The van der Waals surface area contributed by atoms with E-state index in [1.54, 1.807) is 4.90 Å². The molecule has 27 heavy (non-hydrogen) atoms. The van der Waals surface area contributed by atoms with Gasteiger partial charge in [-0.15, -0.1) is 0 Å². The number of ketones is 1. The minimum absolute atomic E-state index is 0.0117. The highest BCUT2D eigenvalue weighted by molar-refractivity contribution is 6.74. The second kappa shape index (κ2) is 7.51. The summed E-state index contributed by atoms with van der Waals surface area (Å²) in [5.41, 5.74) is -0.531. The van der Waals surface area contributed by atoms with Gasteiger partial charge in [-0.2, -0.15) is 0 Å². The second-order valence-electron chi connectivity index (χ2n) is 11.0. The van der Waals surface area contributed by atoms with E-state index in [0.717, 1.165) is 25.7 Å². The lowest BCUT2D eigenvalue weighted by Crippen LogP contribution is -2.59.